The number of carbonyl (C=O) groups excluding carboxylic acids is 2. The molecule has 0 fully saturated rings. The zero-order chi connectivity index (χ0) is 13.1. The van der Waals surface area contributed by atoms with E-state index in [9.17, 15) is 9.59 Å². The first-order valence-electron chi connectivity index (χ1n) is 5.78. The quantitative estimate of drug-likeness (QED) is 0.383. The van der Waals surface area contributed by atoms with Crippen molar-refractivity contribution in [1.29, 1.82) is 0 Å². The molecule has 0 aliphatic heterocycles. The summed E-state index contributed by atoms with van der Waals surface area (Å²) in [5, 5.41) is 5.61. The van der Waals surface area contributed by atoms with E-state index in [1.165, 1.54) is 0 Å². The Morgan fingerprint density at radius 2 is 2.12 bits per heavy atom. The Hall–Kier alpha value is -1.54. The van der Waals surface area contributed by atoms with Gasteiger partial charge in [0.15, 0.2) is 0 Å². The minimum Gasteiger partial charge on any atom is -0.368 e. The average molecular weight is 239 g/mol. The first kappa shape index (κ1) is 15.5. The van der Waals surface area contributed by atoms with E-state index in [1.807, 2.05) is 0 Å². The van der Waals surface area contributed by atoms with Crippen molar-refractivity contribution in [1.82, 2.24) is 10.6 Å². The molecule has 0 aliphatic carbocycles. The summed E-state index contributed by atoms with van der Waals surface area (Å²) in [4.78, 5) is 22.1. The molecule has 0 heterocycles. The van der Waals surface area contributed by atoms with Crippen LogP contribution in [0.2, 0.25) is 0 Å². The van der Waals surface area contributed by atoms with Crippen LogP contribution in [0.5, 0.6) is 0 Å². The van der Waals surface area contributed by atoms with Crippen LogP contribution in [0.3, 0.4) is 0 Å². The molecule has 5 heteroatoms. The molecule has 0 bridgehead atoms. The first-order valence-corrected chi connectivity index (χ1v) is 5.78. The summed E-state index contributed by atoms with van der Waals surface area (Å²) in [7, 11) is 1.71. The molecule has 1 atom stereocenters. The molecule has 0 aliphatic rings. The Kier molecular flexibility index (Phi) is 8.79. The van der Waals surface area contributed by atoms with Gasteiger partial charge in [0.25, 0.3) is 0 Å². The van der Waals surface area contributed by atoms with E-state index in [-0.39, 0.29) is 17.9 Å². The molecular weight excluding hydrogens is 218 g/mol. The topological polar surface area (TPSA) is 84.2 Å². The van der Waals surface area contributed by atoms with Crippen LogP contribution >= 0.6 is 0 Å². The standard InChI is InChI=1S/C12H21N3O2/c1-3-4-8-11(16)15-9-6-5-7-10(14-2)12(13)17/h1,10,14H,4-9H2,2H3,(H2,13,17)(H,15,16). The molecule has 0 spiro atoms. The van der Waals surface area contributed by atoms with Gasteiger partial charge in [-0.3, -0.25) is 9.59 Å². The van der Waals surface area contributed by atoms with Crippen molar-refractivity contribution in [3.8, 4) is 12.3 Å². The molecule has 0 aromatic heterocycles. The van der Waals surface area contributed by atoms with Crippen LogP contribution in [-0.2, 0) is 9.59 Å². The third-order valence-corrected chi connectivity index (χ3v) is 2.43. The maximum atomic E-state index is 11.2. The van der Waals surface area contributed by atoms with Crippen LogP contribution in [0.15, 0.2) is 0 Å². The number of likely N-dealkylation sites (N-methyl/N-ethyl adjacent to an activating group) is 1. The van der Waals surface area contributed by atoms with Gasteiger partial charge in [0.2, 0.25) is 11.8 Å². The normalized spacial score (nSPS) is 11.5. The summed E-state index contributed by atoms with van der Waals surface area (Å²) in [6.45, 7) is 0.610. The molecule has 5 nitrogen and oxygen atoms in total. The molecule has 0 radical (unpaired) electrons. The second kappa shape index (κ2) is 9.67. The number of carbonyl (C=O) groups is 2. The van der Waals surface area contributed by atoms with Crippen LogP contribution in [-0.4, -0.2) is 31.4 Å². The lowest BCUT2D eigenvalue weighted by atomic mass is 10.1. The van der Waals surface area contributed by atoms with Gasteiger partial charge in [-0.05, 0) is 26.3 Å². The first-order chi connectivity index (χ1) is 8.11. The fourth-order valence-corrected chi connectivity index (χ4v) is 1.40. The van der Waals surface area contributed by atoms with Crippen LogP contribution in [0.25, 0.3) is 0 Å². The fourth-order valence-electron chi connectivity index (χ4n) is 1.40. The molecule has 0 aromatic carbocycles. The third kappa shape index (κ3) is 8.29. The lowest BCUT2D eigenvalue weighted by Crippen LogP contribution is -2.39. The molecule has 96 valence electrons. The van der Waals surface area contributed by atoms with E-state index in [0.717, 1.165) is 12.8 Å². The van der Waals surface area contributed by atoms with Crippen molar-refractivity contribution >= 4 is 11.8 Å². The van der Waals surface area contributed by atoms with Crippen molar-refractivity contribution in [2.75, 3.05) is 13.6 Å². The second-order valence-electron chi connectivity index (χ2n) is 3.79. The van der Waals surface area contributed by atoms with E-state index in [4.69, 9.17) is 12.2 Å². The highest BCUT2D eigenvalue weighted by molar-refractivity contribution is 5.79. The molecule has 2 amide bonds. The lowest BCUT2D eigenvalue weighted by molar-refractivity contribution is -0.121. The molecular formula is C12H21N3O2. The molecule has 4 N–H and O–H groups in total. The number of hydrogen-bond donors (Lipinski definition) is 3. The molecule has 0 saturated heterocycles. The zero-order valence-corrected chi connectivity index (χ0v) is 10.3. The van der Waals surface area contributed by atoms with Crippen molar-refractivity contribution in [3.05, 3.63) is 0 Å². The highest BCUT2D eigenvalue weighted by atomic mass is 16.2. The van der Waals surface area contributed by atoms with Gasteiger partial charge in [-0.25, -0.2) is 0 Å². The van der Waals surface area contributed by atoms with Gasteiger partial charge in [-0.15, -0.1) is 12.3 Å². The van der Waals surface area contributed by atoms with E-state index >= 15 is 0 Å². The Morgan fingerprint density at radius 1 is 1.41 bits per heavy atom. The molecule has 17 heavy (non-hydrogen) atoms. The maximum Gasteiger partial charge on any atom is 0.234 e. The second-order valence-corrected chi connectivity index (χ2v) is 3.79. The maximum absolute atomic E-state index is 11.2. The van der Waals surface area contributed by atoms with E-state index < -0.39 is 0 Å². The van der Waals surface area contributed by atoms with Gasteiger partial charge in [0, 0.05) is 19.4 Å². The average Bonchev–Trinajstić information content (AvgIpc) is 2.30. The van der Waals surface area contributed by atoms with Gasteiger partial charge >= 0.3 is 0 Å². The van der Waals surface area contributed by atoms with E-state index in [1.54, 1.807) is 7.05 Å². The number of nitrogens with two attached hydrogens (primary N) is 1. The number of hydrogen-bond acceptors (Lipinski definition) is 3. The monoisotopic (exact) mass is 239 g/mol. The Morgan fingerprint density at radius 3 is 2.65 bits per heavy atom. The molecule has 0 saturated carbocycles. The fraction of sp³-hybridized carbons (Fsp3) is 0.667. The lowest BCUT2D eigenvalue weighted by Gasteiger charge is -2.11. The van der Waals surface area contributed by atoms with E-state index in [0.29, 0.717) is 25.8 Å². The SMILES string of the molecule is C#CCCC(=O)NCCCCC(NC)C(N)=O. The van der Waals surface area contributed by atoms with Crippen LogP contribution in [0.4, 0.5) is 0 Å². The van der Waals surface area contributed by atoms with Gasteiger partial charge in [0.05, 0.1) is 6.04 Å². The van der Waals surface area contributed by atoms with Crippen molar-refractivity contribution < 1.29 is 9.59 Å². The summed E-state index contributed by atoms with van der Waals surface area (Å²) >= 11 is 0. The summed E-state index contributed by atoms with van der Waals surface area (Å²) < 4.78 is 0. The summed E-state index contributed by atoms with van der Waals surface area (Å²) in [5.41, 5.74) is 5.18. The number of terminal acetylenes is 1. The largest absolute Gasteiger partial charge is 0.368 e. The Bertz CT molecular complexity index is 284. The highest BCUT2D eigenvalue weighted by Crippen LogP contribution is 1.99. The van der Waals surface area contributed by atoms with Gasteiger partial charge < -0.3 is 16.4 Å². The van der Waals surface area contributed by atoms with Crippen LogP contribution in [0.1, 0.15) is 32.1 Å². The van der Waals surface area contributed by atoms with Gasteiger partial charge in [-0.1, -0.05) is 0 Å². The van der Waals surface area contributed by atoms with E-state index in [2.05, 4.69) is 16.6 Å². The number of nitrogens with one attached hydrogen (secondary N) is 2. The zero-order valence-electron chi connectivity index (χ0n) is 10.3. The summed E-state index contributed by atoms with van der Waals surface area (Å²) in [6.07, 6.45) is 8.24. The smallest absolute Gasteiger partial charge is 0.234 e. The minimum atomic E-state index is -0.342. The van der Waals surface area contributed by atoms with Crippen LogP contribution < -0.4 is 16.4 Å². The number of primary amides is 1. The predicted octanol–water partition coefficient (Wildman–Crippen LogP) is -0.240. The van der Waals surface area contributed by atoms with Crippen molar-refractivity contribution in [3.63, 3.8) is 0 Å². The highest BCUT2D eigenvalue weighted by Gasteiger charge is 2.11. The Balaban J connectivity index is 3.49. The molecule has 0 aromatic rings. The minimum absolute atomic E-state index is 0.0250. The number of rotatable bonds is 9. The number of amides is 2. The molecule has 0 rings (SSSR count). The Labute approximate surface area is 103 Å². The summed E-state index contributed by atoms with van der Waals surface area (Å²) in [5.74, 6) is 2.05. The van der Waals surface area contributed by atoms with Gasteiger partial charge in [-0.2, -0.15) is 0 Å². The third-order valence-electron chi connectivity index (χ3n) is 2.43. The molecule has 1 unspecified atom stereocenters. The van der Waals surface area contributed by atoms with Gasteiger partial charge in [0.1, 0.15) is 0 Å². The predicted molar refractivity (Wildman–Crippen MR) is 67.0 cm³/mol. The van der Waals surface area contributed by atoms with Crippen LogP contribution in [0, 0.1) is 12.3 Å². The number of unbranched alkanes of at least 4 members (excludes halogenated alkanes) is 1. The summed E-state index contributed by atoms with van der Waals surface area (Å²) in [6, 6.07) is -0.285. The van der Waals surface area contributed by atoms with Crippen molar-refractivity contribution in [2.45, 2.75) is 38.1 Å². The van der Waals surface area contributed by atoms with Crippen molar-refractivity contribution in [2.24, 2.45) is 5.73 Å².